The van der Waals surface area contributed by atoms with Gasteiger partial charge in [0.1, 0.15) is 11.5 Å². The summed E-state index contributed by atoms with van der Waals surface area (Å²) in [5.41, 5.74) is 2.92. The van der Waals surface area contributed by atoms with E-state index in [1.807, 2.05) is 22.4 Å². The first-order chi connectivity index (χ1) is 16.0. The highest BCUT2D eigenvalue weighted by Gasteiger charge is 2.30. The van der Waals surface area contributed by atoms with Crippen molar-refractivity contribution in [3.05, 3.63) is 86.1 Å². The van der Waals surface area contributed by atoms with Crippen molar-refractivity contribution < 1.29 is 14.0 Å². The number of hydrogen-bond acceptors (Lipinski definition) is 4. The highest BCUT2D eigenvalue weighted by atomic mass is 35.5. The second-order valence-electron chi connectivity index (χ2n) is 8.48. The van der Waals surface area contributed by atoms with Gasteiger partial charge in [-0.3, -0.25) is 9.59 Å². The van der Waals surface area contributed by atoms with Crippen LogP contribution in [0.4, 0.5) is 4.39 Å². The quantitative estimate of drug-likeness (QED) is 0.517. The number of fused-ring (bicyclic) bond motifs is 1. The van der Waals surface area contributed by atoms with Gasteiger partial charge in [-0.15, -0.1) is 11.3 Å². The Balaban J connectivity index is 1.22. The second-order valence-corrected chi connectivity index (χ2v) is 9.78. The van der Waals surface area contributed by atoms with Crippen molar-refractivity contribution in [3.8, 4) is 0 Å². The van der Waals surface area contributed by atoms with Crippen molar-refractivity contribution in [1.29, 1.82) is 0 Å². The first-order valence-electron chi connectivity index (χ1n) is 11.1. The predicted octanol–water partition coefficient (Wildman–Crippen LogP) is 5.15. The summed E-state index contributed by atoms with van der Waals surface area (Å²) in [6.45, 7) is 2.31. The number of likely N-dealkylation sites (tertiary alicyclic amines) is 1. The van der Waals surface area contributed by atoms with Crippen LogP contribution in [0, 0.1) is 5.82 Å². The molecular weight excluding hydrogens is 461 g/mol. The molecule has 5 nitrogen and oxygen atoms in total. The third-order valence-electron chi connectivity index (χ3n) is 6.47. The Hall–Kier alpha value is -2.77. The molecule has 1 saturated heterocycles. The molecule has 3 aromatic rings. The highest BCUT2D eigenvalue weighted by molar-refractivity contribution is 7.09. The van der Waals surface area contributed by atoms with Crippen LogP contribution in [0.2, 0.25) is 5.02 Å². The largest absolute Gasteiger partial charge is 0.338 e. The number of nitrogens with zero attached hydrogens (tertiary/aromatic N) is 3. The van der Waals surface area contributed by atoms with E-state index in [9.17, 15) is 14.0 Å². The van der Waals surface area contributed by atoms with Gasteiger partial charge >= 0.3 is 0 Å². The highest BCUT2D eigenvalue weighted by Crippen LogP contribution is 2.32. The van der Waals surface area contributed by atoms with Gasteiger partial charge in [0.15, 0.2) is 0 Å². The van der Waals surface area contributed by atoms with Crippen LogP contribution >= 0.6 is 22.9 Å². The molecule has 2 aliphatic heterocycles. The topological polar surface area (TPSA) is 53.5 Å². The molecule has 2 amide bonds. The predicted molar refractivity (Wildman–Crippen MR) is 126 cm³/mol. The van der Waals surface area contributed by atoms with Crippen LogP contribution in [0.1, 0.15) is 55.7 Å². The monoisotopic (exact) mass is 483 g/mol. The van der Waals surface area contributed by atoms with E-state index in [2.05, 4.69) is 17.1 Å². The minimum Gasteiger partial charge on any atom is -0.338 e. The summed E-state index contributed by atoms with van der Waals surface area (Å²) in [5.74, 6) is -0.831. The standard InChI is InChI=1S/C25H23ClFN3O2S/c26-19-6-3-7-20(27)22(19)25(32)29-11-9-17(10-12-29)23-28-21(15-33-23)24(31)30-13-8-16-4-1-2-5-18(16)14-30/h1-7,15,17H,8-14H2. The van der Waals surface area contributed by atoms with Crippen molar-refractivity contribution in [2.24, 2.45) is 0 Å². The van der Waals surface area contributed by atoms with E-state index < -0.39 is 5.82 Å². The van der Waals surface area contributed by atoms with Crippen LogP contribution in [0.25, 0.3) is 0 Å². The van der Waals surface area contributed by atoms with Gasteiger partial charge in [-0.25, -0.2) is 9.37 Å². The molecule has 0 bridgehead atoms. The fraction of sp³-hybridized carbons (Fsp3) is 0.320. The van der Waals surface area contributed by atoms with E-state index in [-0.39, 0.29) is 28.3 Å². The Labute approximate surface area is 200 Å². The molecule has 2 aromatic carbocycles. The first-order valence-corrected chi connectivity index (χ1v) is 12.3. The summed E-state index contributed by atoms with van der Waals surface area (Å²) < 4.78 is 14.1. The summed E-state index contributed by atoms with van der Waals surface area (Å²) in [6.07, 6.45) is 2.30. The summed E-state index contributed by atoms with van der Waals surface area (Å²) in [4.78, 5) is 34.0. The molecule has 0 atom stereocenters. The van der Waals surface area contributed by atoms with E-state index in [4.69, 9.17) is 11.6 Å². The number of aromatic nitrogens is 1. The first kappa shape index (κ1) is 22.0. The molecule has 0 spiro atoms. The molecule has 2 aliphatic rings. The molecule has 0 saturated carbocycles. The molecular formula is C25H23ClFN3O2S. The third kappa shape index (κ3) is 4.39. The fourth-order valence-electron chi connectivity index (χ4n) is 4.59. The molecule has 0 aliphatic carbocycles. The van der Waals surface area contributed by atoms with Crippen LogP contribution in [-0.2, 0) is 13.0 Å². The maximum absolute atomic E-state index is 14.1. The zero-order valence-electron chi connectivity index (χ0n) is 18.0. The number of amides is 2. The van der Waals surface area contributed by atoms with Crippen molar-refractivity contribution in [1.82, 2.24) is 14.8 Å². The molecule has 0 radical (unpaired) electrons. The Morgan fingerprint density at radius 3 is 2.48 bits per heavy atom. The van der Waals surface area contributed by atoms with E-state index in [1.165, 1.54) is 40.7 Å². The van der Waals surface area contributed by atoms with Gasteiger partial charge in [0, 0.05) is 37.5 Å². The lowest BCUT2D eigenvalue weighted by atomic mass is 9.97. The number of piperidine rings is 1. The number of thiazole rings is 1. The summed E-state index contributed by atoms with van der Waals surface area (Å²) >= 11 is 7.56. The normalized spacial score (nSPS) is 16.5. The number of rotatable bonds is 3. The van der Waals surface area contributed by atoms with Gasteiger partial charge < -0.3 is 9.80 Å². The number of carbonyl (C=O) groups is 2. The summed E-state index contributed by atoms with van der Waals surface area (Å²) in [7, 11) is 0. The van der Waals surface area contributed by atoms with Crippen LogP contribution in [-0.4, -0.2) is 46.2 Å². The van der Waals surface area contributed by atoms with Gasteiger partial charge in [-0.1, -0.05) is 41.9 Å². The van der Waals surface area contributed by atoms with Crippen molar-refractivity contribution in [2.75, 3.05) is 19.6 Å². The Kier molecular flexibility index (Phi) is 6.17. The fourth-order valence-corrected chi connectivity index (χ4v) is 5.80. The number of carbonyl (C=O) groups excluding carboxylic acids is 2. The molecule has 33 heavy (non-hydrogen) atoms. The lowest BCUT2D eigenvalue weighted by molar-refractivity contribution is 0.0708. The number of hydrogen-bond donors (Lipinski definition) is 0. The van der Waals surface area contributed by atoms with Gasteiger partial charge in [0.2, 0.25) is 0 Å². The van der Waals surface area contributed by atoms with Crippen LogP contribution in [0.5, 0.6) is 0 Å². The number of halogens is 2. The second kappa shape index (κ2) is 9.23. The van der Waals surface area contributed by atoms with Crippen molar-refractivity contribution in [3.63, 3.8) is 0 Å². The van der Waals surface area contributed by atoms with E-state index in [1.54, 1.807) is 4.90 Å². The van der Waals surface area contributed by atoms with Crippen LogP contribution < -0.4 is 0 Å². The maximum Gasteiger partial charge on any atom is 0.273 e. The smallest absolute Gasteiger partial charge is 0.273 e. The summed E-state index contributed by atoms with van der Waals surface area (Å²) in [5, 5.41) is 2.90. The SMILES string of the molecule is O=C(c1csc(C2CCN(C(=O)c3c(F)cccc3Cl)CC2)n1)N1CCc2ccccc2C1. The van der Waals surface area contributed by atoms with Gasteiger partial charge in [-0.2, -0.15) is 0 Å². The molecule has 1 aromatic heterocycles. The van der Waals surface area contributed by atoms with E-state index >= 15 is 0 Å². The van der Waals surface area contributed by atoms with E-state index in [0.29, 0.717) is 31.9 Å². The Morgan fingerprint density at radius 1 is 0.970 bits per heavy atom. The van der Waals surface area contributed by atoms with Gasteiger partial charge in [0.25, 0.3) is 11.8 Å². The van der Waals surface area contributed by atoms with Crippen molar-refractivity contribution >= 4 is 34.8 Å². The van der Waals surface area contributed by atoms with Crippen molar-refractivity contribution in [2.45, 2.75) is 31.7 Å². The maximum atomic E-state index is 14.1. The van der Waals surface area contributed by atoms with Gasteiger partial charge in [-0.05, 0) is 42.5 Å². The average molecular weight is 484 g/mol. The molecule has 0 unspecified atom stereocenters. The molecule has 1 fully saturated rings. The average Bonchev–Trinajstić information content (AvgIpc) is 3.33. The minimum atomic E-state index is -0.599. The zero-order valence-corrected chi connectivity index (χ0v) is 19.5. The minimum absolute atomic E-state index is 0.0335. The lowest BCUT2D eigenvalue weighted by Gasteiger charge is -2.31. The molecule has 0 N–H and O–H groups in total. The summed E-state index contributed by atoms with van der Waals surface area (Å²) in [6, 6.07) is 12.5. The molecule has 8 heteroatoms. The number of benzene rings is 2. The van der Waals surface area contributed by atoms with E-state index in [0.717, 1.165) is 24.3 Å². The van der Waals surface area contributed by atoms with Gasteiger partial charge in [0.05, 0.1) is 15.6 Å². The van der Waals surface area contributed by atoms with Crippen LogP contribution in [0.15, 0.2) is 47.8 Å². The zero-order chi connectivity index (χ0) is 22.9. The Morgan fingerprint density at radius 2 is 1.73 bits per heavy atom. The molecule has 3 heterocycles. The molecule has 5 rings (SSSR count). The Bertz CT molecular complexity index is 1190. The third-order valence-corrected chi connectivity index (χ3v) is 7.79. The lowest BCUT2D eigenvalue weighted by Crippen LogP contribution is -2.38. The van der Waals surface area contributed by atoms with Crippen LogP contribution in [0.3, 0.4) is 0 Å². The molecule has 170 valence electrons.